The molecule has 0 spiro atoms. The predicted molar refractivity (Wildman–Crippen MR) is 65.7 cm³/mol. The lowest BCUT2D eigenvalue weighted by Gasteiger charge is -2.37. The van der Waals surface area contributed by atoms with Gasteiger partial charge in [0.05, 0.1) is 18.8 Å². The van der Waals surface area contributed by atoms with Gasteiger partial charge in [0, 0.05) is 18.7 Å². The summed E-state index contributed by atoms with van der Waals surface area (Å²) in [5.41, 5.74) is 5.91. The van der Waals surface area contributed by atoms with Crippen molar-refractivity contribution in [1.29, 1.82) is 0 Å². The Morgan fingerprint density at radius 2 is 2.39 bits per heavy atom. The number of rotatable bonds is 2. The van der Waals surface area contributed by atoms with Gasteiger partial charge in [-0.1, -0.05) is 6.07 Å². The number of hydrogen-bond donors (Lipinski definition) is 1. The molecule has 18 heavy (non-hydrogen) atoms. The highest BCUT2D eigenvalue weighted by atomic mass is 19.1. The molecule has 5 heteroatoms. The number of nitrogens with zero attached hydrogens (tertiary/aromatic N) is 1. The van der Waals surface area contributed by atoms with E-state index in [1.807, 2.05) is 6.92 Å². The van der Waals surface area contributed by atoms with Gasteiger partial charge in [-0.15, -0.1) is 0 Å². The number of halogens is 1. The maximum Gasteiger partial charge on any atom is 0.254 e. The predicted octanol–water partition coefficient (Wildman–Crippen LogP) is 1.01. The van der Waals surface area contributed by atoms with Crippen molar-refractivity contribution < 1.29 is 13.9 Å². The molecule has 98 valence electrons. The number of amides is 1. The maximum absolute atomic E-state index is 13.1. The lowest BCUT2D eigenvalue weighted by atomic mass is 10.1. The first-order valence-electron chi connectivity index (χ1n) is 6.00. The van der Waals surface area contributed by atoms with Crippen LogP contribution in [0.1, 0.15) is 17.3 Å². The molecule has 0 bridgehead atoms. The Morgan fingerprint density at radius 1 is 1.61 bits per heavy atom. The molecule has 2 atom stereocenters. The normalized spacial score (nSPS) is 24.1. The fourth-order valence-electron chi connectivity index (χ4n) is 2.03. The molecule has 1 aliphatic heterocycles. The molecule has 1 saturated heterocycles. The minimum atomic E-state index is -0.405. The van der Waals surface area contributed by atoms with E-state index in [0.29, 0.717) is 25.3 Å². The van der Waals surface area contributed by atoms with Crippen LogP contribution in [0.5, 0.6) is 0 Å². The van der Waals surface area contributed by atoms with E-state index in [-0.39, 0.29) is 18.1 Å². The van der Waals surface area contributed by atoms with Crippen molar-refractivity contribution in [3.05, 3.63) is 35.6 Å². The van der Waals surface area contributed by atoms with Gasteiger partial charge in [-0.25, -0.2) is 4.39 Å². The lowest BCUT2D eigenvalue weighted by molar-refractivity contribution is -0.0426. The van der Waals surface area contributed by atoms with Crippen LogP contribution in [0, 0.1) is 5.82 Å². The number of carbonyl (C=O) groups excluding carboxylic acids is 1. The Kier molecular flexibility index (Phi) is 3.93. The first-order chi connectivity index (χ1) is 8.61. The van der Waals surface area contributed by atoms with E-state index in [1.165, 1.54) is 18.2 Å². The molecule has 1 aromatic carbocycles. The molecule has 1 aromatic rings. The average molecular weight is 252 g/mol. The average Bonchev–Trinajstić information content (AvgIpc) is 2.38. The van der Waals surface area contributed by atoms with E-state index in [1.54, 1.807) is 11.0 Å². The zero-order valence-electron chi connectivity index (χ0n) is 10.3. The molecule has 1 fully saturated rings. The molecule has 0 aromatic heterocycles. The molecule has 0 aliphatic carbocycles. The molecule has 1 heterocycles. The van der Waals surface area contributed by atoms with Crippen LogP contribution >= 0.6 is 0 Å². The van der Waals surface area contributed by atoms with E-state index < -0.39 is 5.82 Å². The third kappa shape index (κ3) is 2.68. The zero-order chi connectivity index (χ0) is 13.1. The summed E-state index contributed by atoms with van der Waals surface area (Å²) in [6.07, 6.45) is -0.140. The third-order valence-electron chi connectivity index (χ3n) is 3.10. The second kappa shape index (κ2) is 5.46. The molecule has 4 nitrogen and oxygen atoms in total. The second-order valence-corrected chi connectivity index (χ2v) is 4.51. The molecule has 2 rings (SSSR count). The summed E-state index contributed by atoms with van der Waals surface area (Å²) in [5.74, 6) is -0.583. The zero-order valence-corrected chi connectivity index (χ0v) is 10.3. The number of nitrogens with two attached hydrogens (primary N) is 1. The highest BCUT2D eigenvalue weighted by molar-refractivity contribution is 5.94. The van der Waals surface area contributed by atoms with E-state index in [0.717, 1.165) is 0 Å². The molecule has 0 radical (unpaired) electrons. The summed E-state index contributed by atoms with van der Waals surface area (Å²) >= 11 is 0. The Bertz CT molecular complexity index is 439. The van der Waals surface area contributed by atoms with Gasteiger partial charge in [0.25, 0.3) is 5.91 Å². The number of carbonyl (C=O) groups is 1. The summed E-state index contributed by atoms with van der Waals surface area (Å²) in [7, 11) is 0. The summed E-state index contributed by atoms with van der Waals surface area (Å²) in [6, 6.07) is 5.70. The molecular formula is C13H17FN2O2. The fourth-order valence-corrected chi connectivity index (χ4v) is 2.03. The number of hydrogen-bond acceptors (Lipinski definition) is 3. The Morgan fingerprint density at radius 3 is 3.06 bits per heavy atom. The highest BCUT2D eigenvalue weighted by Crippen LogP contribution is 2.15. The summed E-state index contributed by atoms with van der Waals surface area (Å²) in [6.45, 7) is 3.19. The Balaban J connectivity index is 2.16. The van der Waals surface area contributed by atoms with Crippen molar-refractivity contribution >= 4 is 5.91 Å². The van der Waals surface area contributed by atoms with Gasteiger partial charge in [-0.2, -0.15) is 0 Å². The van der Waals surface area contributed by atoms with Crippen molar-refractivity contribution in [3.63, 3.8) is 0 Å². The van der Waals surface area contributed by atoms with E-state index in [4.69, 9.17) is 10.5 Å². The smallest absolute Gasteiger partial charge is 0.254 e. The molecule has 1 aliphatic rings. The summed E-state index contributed by atoms with van der Waals surface area (Å²) in [4.78, 5) is 14.0. The second-order valence-electron chi connectivity index (χ2n) is 4.51. The number of benzene rings is 1. The summed E-state index contributed by atoms with van der Waals surface area (Å²) in [5, 5.41) is 0. The van der Waals surface area contributed by atoms with Gasteiger partial charge in [-0.3, -0.25) is 4.79 Å². The third-order valence-corrected chi connectivity index (χ3v) is 3.10. The van der Waals surface area contributed by atoms with Gasteiger partial charge >= 0.3 is 0 Å². The van der Waals surface area contributed by atoms with E-state index in [2.05, 4.69) is 0 Å². The van der Waals surface area contributed by atoms with Crippen LogP contribution in [0.15, 0.2) is 24.3 Å². The SMILES string of the molecule is CC1COC(CN)CN1C(=O)c1cccc(F)c1. The van der Waals surface area contributed by atoms with E-state index >= 15 is 0 Å². The molecular weight excluding hydrogens is 235 g/mol. The number of morpholine rings is 1. The van der Waals surface area contributed by atoms with Crippen LogP contribution in [0.4, 0.5) is 4.39 Å². The molecule has 2 N–H and O–H groups in total. The highest BCUT2D eigenvalue weighted by Gasteiger charge is 2.29. The van der Waals surface area contributed by atoms with Gasteiger partial charge in [0.2, 0.25) is 0 Å². The molecule has 1 amide bonds. The monoisotopic (exact) mass is 252 g/mol. The van der Waals surface area contributed by atoms with Crippen LogP contribution in [0.2, 0.25) is 0 Å². The standard InChI is InChI=1S/C13H17FN2O2/c1-9-8-18-12(6-15)7-16(9)13(17)10-3-2-4-11(14)5-10/h2-5,9,12H,6-8,15H2,1H3. The minimum Gasteiger partial charge on any atom is -0.373 e. The number of ether oxygens (including phenoxy) is 1. The molecule has 2 unspecified atom stereocenters. The van der Waals surface area contributed by atoms with Crippen molar-refractivity contribution in [3.8, 4) is 0 Å². The topological polar surface area (TPSA) is 55.6 Å². The van der Waals surface area contributed by atoms with Crippen LogP contribution in [0.25, 0.3) is 0 Å². The van der Waals surface area contributed by atoms with Crippen LogP contribution < -0.4 is 5.73 Å². The van der Waals surface area contributed by atoms with E-state index in [9.17, 15) is 9.18 Å². The van der Waals surface area contributed by atoms with Crippen molar-refractivity contribution in [1.82, 2.24) is 4.90 Å². The summed E-state index contributed by atoms with van der Waals surface area (Å²) < 4.78 is 18.6. The van der Waals surface area contributed by atoms with Crippen molar-refractivity contribution in [2.24, 2.45) is 5.73 Å². The minimum absolute atomic E-state index is 0.0245. The lowest BCUT2D eigenvalue weighted by Crippen LogP contribution is -2.52. The maximum atomic E-state index is 13.1. The molecule has 0 saturated carbocycles. The Labute approximate surface area is 106 Å². The largest absolute Gasteiger partial charge is 0.373 e. The van der Waals surface area contributed by atoms with Gasteiger partial charge in [0.15, 0.2) is 0 Å². The van der Waals surface area contributed by atoms with Crippen molar-refractivity contribution in [2.45, 2.75) is 19.1 Å². The van der Waals surface area contributed by atoms with Gasteiger partial charge in [0.1, 0.15) is 5.82 Å². The fraction of sp³-hybridized carbons (Fsp3) is 0.462. The first-order valence-corrected chi connectivity index (χ1v) is 6.00. The van der Waals surface area contributed by atoms with Crippen LogP contribution in [-0.2, 0) is 4.74 Å². The quantitative estimate of drug-likeness (QED) is 0.854. The van der Waals surface area contributed by atoms with Crippen LogP contribution in [0.3, 0.4) is 0 Å². The van der Waals surface area contributed by atoms with Gasteiger partial charge < -0.3 is 15.4 Å². The Hall–Kier alpha value is -1.46. The van der Waals surface area contributed by atoms with Crippen LogP contribution in [-0.4, -0.2) is 42.6 Å². The van der Waals surface area contributed by atoms with Gasteiger partial charge in [-0.05, 0) is 25.1 Å². The van der Waals surface area contributed by atoms with Crippen molar-refractivity contribution in [2.75, 3.05) is 19.7 Å². The first kappa shape index (κ1) is 13.0.